The highest BCUT2D eigenvalue weighted by Crippen LogP contribution is 2.31. The van der Waals surface area contributed by atoms with Crippen LogP contribution < -0.4 is 5.43 Å². The molecule has 1 aliphatic heterocycles. The lowest BCUT2D eigenvalue weighted by molar-refractivity contribution is -0.129. The van der Waals surface area contributed by atoms with Gasteiger partial charge in [0.2, 0.25) is 11.3 Å². The number of halogens is 1. The predicted octanol–water partition coefficient (Wildman–Crippen LogP) is 4.17. The molecule has 1 amide bonds. The van der Waals surface area contributed by atoms with E-state index in [1.165, 1.54) is 6.07 Å². The van der Waals surface area contributed by atoms with E-state index >= 15 is 0 Å². The third kappa shape index (κ3) is 4.36. The molecule has 166 valence electrons. The van der Waals surface area contributed by atoms with Crippen molar-refractivity contribution in [2.45, 2.75) is 26.2 Å². The van der Waals surface area contributed by atoms with Crippen molar-refractivity contribution in [2.24, 2.45) is 0 Å². The SMILES string of the molecule is Cc1cc(-c2nc3c(=O)cc(CC(=O)N4CCCC4)[nH]c3nc2-c2ccccc2)cc(Cl)n1. The van der Waals surface area contributed by atoms with Gasteiger partial charge >= 0.3 is 0 Å². The number of rotatable bonds is 4. The Balaban J connectivity index is 1.66. The molecular formula is C25H22ClN5O2. The van der Waals surface area contributed by atoms with Crippen LogP contribution in [0.25, 0.3) is 33.7 Å². The zero-order chi connectivity index (χ0) is 22.9. The Morgan fingerprint density at radius 1 is 1.00 bits per heavy atom. The summed E-state index contributed by atoms with van der Waals surface area (Å²) >= 11 is 6.21. The van der Waals surface area contributed by atoms with Gasteiger partial charge in [-0.3, -0.25) is 9.59 Å². The molecule has 1 aliphatic rings. The minimum Gasteiger partial charge on any atom is -0.342 e. The molecule has 1 N–H and O–H groups in total. The molecule has 1 aromatic carbocycles. The summed E-state index contributed by atoms with van der Waals surface area (Å²) in [4.78, 5) is 44.3. The molecule has 5 rings (SSSR count). The third-order valence-electron chi connectivity index (χ3n) is 5.76. The van der Waals surface area contributed by atoms with Gasteiger partial charge in [0, 0.05) is 41.7 Å². The van der Waals surface area contributed by atoms with E-state index in [4.69, 9.17) is 21.6 Å². The number of carbonyl (C=O) groups excluding carboxylic acids is 1. The normalized spacial score (nSPS) is 13.6. The number of likely N-dealkylation sites (tertiary alicyclic amines) is 1. The third-order valence-corrected chi connectivity index (χ3v) is 5.95. The van der Waals surface area contributed by atoms with Crippen LogP contribution in [-0.4, -0.2) is 43.8 Å². The second-order valence-electron chi connectivity index (χ2n) is 8.23. The maximum atomic E-state index is 13.0. The molecule has 1 fully saturated rings. The van der Waals surface area contributed by atoms with Gasteiger partial charge in [0.15, 0.2) is 11.2 Å². The Morgan fingerprint density at radius 2 is 1.73 bits per heavy atom. The van der Waals surface area contributed by atoms with Crippen LogP contribution in [0.1, 0.15) is 24.2 Å². The van der Waals surface area contributed by atoms with E-state index in [-0.39, 0.29) is 23.3 Å². The van der Waals surface area contributed by atoms with Crippen LogP contribution in [0, 0.1) is 6.92 Å². The molecule has 0 radical (unpaired) electrons. The standard InChI is InChI=1S/C25H22ClN5O2/c1-15-11-17(12-20(26)27-15)23-22(16-7-3-2-4-8-16)30-25-24(29-23)19(32)13-18(28-25)14-21(33)31-9-5-6-10-31/h2-4,7-8,11-13H,5-6,9-10,14H2,1H3,(H,28,30,32). The van der Waals surface area contributed by atoms with Crippen LogP contribution in [0.5, 0.6) is 0 Å². The first-order chi connectivity index (χ1) is 16.0. The average Bonchev–Trinajstić information content (AvgIpc) is 3.33. The number of nitrogens with one attached hydrogen (secondary N) is 1. The molecule has 3 aromatic heterocycles. The zero-order valence-corrected chi connectivity index (χ0v) is 18.9. The molecule has 0 bridgehead atoms. The van der Waals surface area contributed by atoms with Gasteiger partial charge in [-0.25, -0.2) is 15.0 Å². The Kier molecular flexibility index (Phi) is 5.64. The van der Waals surface area contributed by atoms with Crippen molar-refractivity contribution in [3.63, 3.8) is 0 Å². The van der Waals surface area contributed by atoms with Gasteiger partial charge in [-0.15, -0.1) is 0 Å². The van der Waals surface area contributed by atoms with Crippen LogP contribution in [0.3, 0.4) is 0 Å². The number of nitrogens with zero attached hydrogens (tertiary/aromatic N) is 4. The van der Waals surface area contributed by atoms with Crippen LogP contribution in [0.2, 0.25) is 5.15 Å². The highest BCUT2D eigenvalue weighted by molar-refractivity contribution is 6.29. The van der Waals surface area contributed by atoms with Crippen LogP contribution in [0.15, 0.2) is 53.3 Å². The molecule has 1 saturated heterocycles. The fourth-order valence-corrected chi connectivity index (χ4v) is 4.46. The maximum absolute atomic E-state index is 13.0. The Morgan fingerprint density at radius 3 is 2.45 bits per heavy atom. The van der Waals surface area contributed by atoms with E-state index < -0.39 is 0 Å². The van der Waals surface area contributed by atoms with E-state index in [2.05, 4.69) is 9.97 Å². The molecule has 8 heteroatoms. The summed E-state index contributed by atoms with van der Waals surface area (Å²) in [7, 11) is 0. The van der Waals surface area contributed by atoms with Crippen molar-refractivity contribution in [1.82, 2.24) is 24.8 Å². The summed E-state index contributed by atoms with van der Waals surface area (Å²) in [5.41, 5.74) is 4.31. The number of hydrogen-bond acceptors (Lipinski definition) is 5. The largest absolute Gasteiger partial charge is 0.342 e. The summed E-state index contributed by atoms with van der Waals surface area (Å²) in [6, 6.07) is 14.7. The lowest BCUT2D eigenvalue weighted by Crippen LogP contribution is -2.29. The molecular weight excluding hydrogens is 438 g/mol. The van der Waals surface area contributed by atoms with E-state index in [0.717, 1.165) is 42.8 Å². The van der Waals surface area contributed by atoms with Crippen molar-refractivity contribution in [1.29, 1.82) is 0 Å². The monoisotopic (exact) mass is 459 g/mol. The summed E-state index contributed by atoms with van der Waals surface area (Å²) < 4.78 is 0. The summed E-state index contributed by atoms with van der Waals surface area (Å²) in [6.07, 6.45) is 2.18. The Hall–Kier alpha value is -3.58. The topological polar surface area (TPSA) is 91.8 Å². The second-order valence-corrected chi connectivity index (χ2v) is 8.61. The molecule has 0 aliphatic carbocycles. The number of hydrogen-bond donors (Lipinski definition) is 1. The number of H-pyrrole nitrogens is 1. The lowest BCUT2D eigenvalue weighted by Gasteiger charge is -2.15. The smallest absolute Gasteiger partial charge is 0.228 e. The fraction of sp³-hybridized carbons (Fsp3) is 0.240. The van der Waals surface area contributed by atoms with Crippen LogP contribution in [-0.2, 0) is 11.2 Å². The number of aryl methyl sites for hydroxylation is 1. The van der Waals surface area contributed by atoms with Crippen LogP contribution >= 0.6 is 11.6 Å². The Bertz CT molecular complexity index is 1390. The maximum Gasteiger partial charge on any atom is 0.228 e. The summed E-state index contributed by atoms with van der Waals surface area (Å²) in [6.45, 7) is 3.39. The van der Waals surface area contributed by atoms with Crippen LogP contribution in [0.4, 0.5) is 0 Å². The minimum atomic E-state index is -0.279. The van der Waals surface area contributed by atoms with Gasteiger partial charge in [-0.2, -0.15) is 0 Å². The number of benzene rings is 1. The molecule has 0 saturated carbocycles. The van der Waals surface area contributed by atoms with Crippen molar-refractivity contribution in [3.05, 3.63) is 75.3 Å². The van der Waals surface area contributed by atoms with E-state index in [0.29, 0.717) is 27.9 Å². The molecule has 0 spiro atoms. The van der Waals surface area contributed by atoms with E-state index in [9.17, 15) is 9.59 Å². The summed E-state index contributed by atoms with van der Waals surface area (Å²) in [5, 5.41) is 0.343. The first kappa shape index (κ1) is 21.3. The molecule has 4 heterocycles. The number of amides is 1. The minimum absolute atomic E-state index is 0.0114. The lowest BCUT2D eigenvalue weighted by atomic mass is 10.0. The number of pyridine rings is 2. The number of carbonyl (C=O) groups is 1. The molecule has 7 nitrogen and oxygen atoms in total. The van der Waals surface area contributed by atoms with Gasteiger partial charge < -0.3 is 9.88 Å². The quantitative estimate of drug-likeness (QED) is 0.462. The predicted molar refractivity (Wildman–Crippen MR) is 128 cm³/mol. The second kappa shape index (κ2) is 8.75. The Labute approximate surface area is 195 Å². The van der Waals surface area contributed by atoms with Crippen molar-refractivity contribution in [3.8, 4) is 22.5 Å². The zero-order valence-electron chi connectivity index (χ0n) is 18.1. The van der Waals surface area contributed by atoms with Gasteiger partial charge in [-0.05, 0) is 31.9 Å². The first-order valence-electron chi connectivity index (χ1n) is 10.9. The van der Waals surface area contributed by atoms with Crippen molar-refractivity contribution < 1.29 is 4.79 Å². The van der Waals surface area contributed by atoms with Gasteiger partial charge in [-0.1, -0.05) is 41.9 Å². The highest BCUT2D eigenvalue weighted by Gasteiger charge is 2.20. The van der Waals surface area contributed by atoms with Crippen molar-refractivity contribution in [2.75, 3.05) is 13.1 Å². The number of aromatic amines is 1. The molecule has 33 heavy (non-hydrogen) atoms. The molecule has 0 atom stereocenters. The molecule has 0 unspecified atom stereocenters. The number of aromatic nitrogens is 4. The van der Waals surface area contributed by atoms with Gasteiger partial charge in [0.05, 0.1) is 17.8 Å². The van der Waals surface area contributed by atoms with Gasteiger partial charge in [0.1, 0.15) is 5.15 Å². The fourth-order valence-electron chi connectivity index (χ4n) is 4.21. The molecule has 4 aromatic rings. The van der Waals surface area contributed by atoms with Gasteiger partial charge in [0.25, 0.3) is 0 Å². The first-order valence-corrected chi connectivity index (χ1v) is 11.3. The number of fused-ring (bicyclic) bond motifs is 1. The van der Waals surface area contributed by atoms with E-state index in [1.807, 2.05) is 48.2 Å². The summed E-state index contributed by atoms with van der Waals surface area (Å²) in [5.74, 6) is 0.0114. The van der Waals surface area contributed by atoms with Crippen molar-refractivity contribution >= 4 is 28.7 Å². The highest BCUT2D eigenvalue weighted by atomic mass is 35.5. The average molecular weight is 460 g/mol. The van der Waals surface area contributed by atoms with E-state index in [1.54, 1.807) is 6.07 Å².